The van der Waals surface area contributed by atoms with Crippen LogP contribution in [0.15, 0.2) is 29.2 Å². The first-order chi connectivity index (χ1) is 8.45. The van der Waals surface area contributed by atoms with Gasteiger partial charge in [-0.2, -0.15) is 0 Å². The molecule has 0 radical (unpaired) electrons. The van der Waals surface area contributed by atoms with Crippen LogP contribution in [0.1, 0.15) is 24.2 Å². The van der Waals surface area contributed by atoms with Gasteiger partial charge in [0.2, 0.25) is 0 Å². The minimum Gasteiger partial charge on any atom is -0.481 e. The highest BCUT2D eigenvalue weighted by atomic mass is 32.2. The fourth-order valence-electron chi connectivity index (χ4n) is 1.37. The van der Waals surface area contributed by atoms with Crippen LogP contribution < -0.4 is 5.32 Å². The van der Waals surface area contributed by atoms with E-state index in [0.29, 0.717) is 5.56 Å². The molecule has 0 fully saturated rings. The number of hydrogen-bond donors (Lipinski definition) is 2. The van der Waals surface area contributed by atoms with Gasteiger partial charge in [-0.05, 0) is 44.4 Å². The third-order valence-corrected chi connectivity index (χ3v) is 3.59. The molecule has 1 aromatic carbocycles. The van der Waals surface area contributed by atoms with E-state index >= 15 is 0 Å². The van der Waals surface area contributed by atoms with Crippen LogP contribution >= 0.6 is 11.8 Å². The number of carboxylic acids is 1. The molecule has 0 saturated heterocycles. The Hall–Kier alpha value is -1.49. The Labute approximate surface area is 111 Å². The summed E-state index contributed by atoms with van der Waals surface area (Å²) in [6.07, 6.45) is 1.96. The molecular formula is C13H17NO3S. The van der Waals surface area contributed by atoms with Crippen LogP contribution in [-0.4, -0.2) is 29.3 Å². The normalized spacial score (nSPS) is 13.7. The second-order valence-electron chi connectivity index (χ2n) is 4.12. The number of carbonyl (C=O) groups excluding carboxylic acids is 1. The maximum atomic E-state index is 11.9. The fourth-order valence-corrected chi connectivity index (χ4v) is 1.78. The molecule has 0 aliphatic carbocycles. The van der Waals surface area contributed by atoms with Gasteiger partial charge in [-0.3, -0.25) is 9.59 Å². The van der Waals surface area contributed by atoms with Gasteiger partial charge in [0, 0.05) is 16.5 Å². The minimum atomic E-state index is -0.916. The highest BCUT2D eigenvalue weighted by Crippen LogP contribution is 2.15. The lowest BCUT2D eigenvalue weighted by Gasteiger charge is -2.17. The second kappa shape index (κ2) is 6.44. The van der Waals surface area contributed by atoms with Gasteiger partial charge >= 0.3 is 5.97 Å². The molecular weight excluding hydrogens is 250 g/mol. The number of carbonyl (C=O) groups is 2. The van der Waals surface area contributed by atoms with Crippen LogP contribution in [0.2, 0.25) is 0 Å². The van der Waals surface area contributed by atoms with E-state index in [1.165, 1.54) is 0 Å². The first-order valence-corrected chi connectivity index (χ1v) is 6.86. The molecule has 0 saturated carbocycles. The molecule has 0 spiro atoms. The molecule has 2 unspecified atom stereocenters. The Morgan fingerprint density at radius 1 is 1.22 bits per heavy atom. The SMILES string of the molecule is CSc1ccc(C(=O)NC(C)C(C)C(=O)O)cc1. The van der Waals surface area contributed by atoms with Gasteiger partial charge in [-0.1, -0.05) is 0 Å². The van der Waals surface area contributed by atoms with Crippen molar-refractivity contribution in [3.8, 4) is 0 Å². The minimum absolute atomic E-state index is 0.247. The third kappa shape index (κ3) is 3.77. The standard InChI is InChI=1S/C13H17NO3S/c1-8(13(16)17)9(2)14-12(15)10-4-6-11(18-3)7-5-10/h4-9H,1-3H3,(H,14,15)(H,16,17). The van der Waals surface area contributed by atoms with Crippen LogP contribution in [0.3, 0.4) is 0 Å². The molecule has 2 N–H and O–H groups in total. The van der Waals surface area contributed by atoms with E-state index in [1.54, 1.807) is 37.7 Å². The molecule has 1 amide bonds. The molecule has 0 bridgehead atoms. The van der Waals surface area contributed by atoms with Crippen LogP contribution in [0.25, 0.3) is 0 Å². The van der Waals surface area contributed by atoms with E-state index in [4.69, 9.17) is 5.11 Å². The summed E-state index contributed by atoms with van der Waals surface area (Å²) in [6.45, 7) is 3.26. The van der Waals surface area contributed by atoms with Crippen LogP contribution in [0, 0.1) is 5.92 Å². The summed E-state index contributed by atoms with van der Waals surface area (Å²) in [5.41, 5.74) is 0.539. The number of thioether (sulfide) groups is 1. The predicted molar refractivity (Wildman–Crippen MR) is 72.0 cm³/mol. The van der Waals surface area contributed by atoms with Crippen molar-refractivity contribution in [2.24, 2.45) is 5.92 Å². The number of carboxylic acid groups (broad SMARTS) is 1. The summed E-state index contributed by atoms with van der Waals surface area (Å²) in [7, 11) is 0. The van der Waals surface area contributed by atoms with Gasteiger partial charge in [0.25, 0.3) is 5.91 Å². The molecule has 18 heavy (non-hydrogen) atoms. The molecule has 2 atom stereocenters. The number of aliphatic carboxylic acids is 1. The van der Waals surface area contributed by atoms with Crippen molar-refractivity contribution in [2.75, 3.05) is 6.26 Å². The van der Waals surface area contributed by atoms with Crippen molar-refractivity contribution in [2.45, 2.75) is 24.8 Å². The summed E-state index contributed by atoms with van der Waals surface area (Å²) in [5.74, 6) is -1.77. The average molecular weight is 267 g/mol. The van der Waals surface area contributed by atoms with Crippen LogP contribution in [0.4, 0.5) is 0 Å². The van der Waals surface area contributed by atoms with Gasteiger partial charge in [0.05, 0.1) is 5.92 Å². The number of rotatable bonds is 5. The topological polar surface area (TPSA) is 66.4 Å². The highest BCUT2D eigenvalue weighted by molar-refractivity contribution is 7.98. The lowest BCUT2D eigenvalue weighted by Crippen LogP contribution is -2.40. The summed E-state index contributed by atoms with van der Waals surface area (Å²) in [4.78, 5) is 23.7. The maximum Gasteiger partial charge on any atom is 0.308 e. The first-order valence-electron chi connectivity index (χ1n) is 5.63. The zero-order valence-corrected chi connectivity index (χ0v) is 11.5. The molecule has 0 aliphatic rings. The van der Waals surface area contributed by atoms with Crippen molar-refractivity contribution < 1.29 is 14.7 Å². The van der Waals surface area contributed by atoms with Crippen LogP contribution in [0.5, 0.6) is 0 Å². The van der Waals surface area contributed by atoms with Crippen molar-refractivity contribution in [3.63, 3.8) is 0 Å². The summed E-state index contributed by atoms with van der Waals surface area (Å²) in [6, 6.07) is 6.80. The van der Waals surface area contributed by atoms with Gasteiger partial charge in [-0.25, -0.2) is 0 Å². The largest absolute Gasteiger partial charge is 0.481 e. The Balaban J connectivity index is 2.67. The van der Waals surface area contributed by atoms with Gasteiger partial charge in [-0.15, -0.1) is 11.8 Å². The van der Waals surface area contributed by atoms with E-state index in [9.17, 15) is 9.59 Å². The van der Waals surface area contributed by atoms with E-state index in [1.807, 2.05) is 18.4 Å². The third-order valence-electron chi connectivity index (χ3n) is 2.85. The summed E-state index contributed by atoms with van der Waals surface area (Å²) in [5, 5.41) is 11.5. The smallest absolute Gasteiger partial charge is 0.308 e. The molecule has 1 aromatic rings. The quantitative estimate of drug-likeness (QED) is 0.803. The lowest BCUT2D eigenvalue weighted by atomic mass is 10.0. The molecule has 4 nitrogen and oxygen atoms in total. The Kier molecular flexibility index (Phi) is 5.22. The zero-order chi connectivity index (χ0) is 13.7. The Morgan fingerprint density at radius 2 is 1.78 bits per heavy atom. The van der Waals surface area contributed by atoms with Crippen molar-refractivity contribution >= 4 is 23.6 Å². The van der Waals surface area contributed by atoms with Crippen molar-refractivity contribution in [3.05, 3.63) is 29.8 Å². The van der Waals surface area contributed by atoms with Gasteiger partial charge < -0.3 is 10.4 Å². The Morgan fingerprint density at radius 3 is 2.22 bits per heavy atom. The van der Waals surface area contributed by atoms with Crippen molar-refractivity contribution in [1.82, 2.24) is 5.32 Å². The molecule has 5 heteroatoms. The molecule has 0 heterocycles. The number of benzene rings is 1. The van der Waals surface area contributed by atoms with Crippen molar-refractivity contribution in [1.29, 1.82) is 0 Å². The predicted octanol–water partition coefficient (Wildman–Crippen LogP) is 2.25. The molecule has 0 aliphatic heterocycles. The summed E-state index contributed by atoms with van der Waals surface area (Å²) >= 11 is 1.60. The van der Waals surface area contributed by atoms with Crippen LogP contribution in [-0.2, 0) is 4.79 Å². The number of nitrogens with one attached hydrogen (secondary N) is 1. The second-order valence-corrected chi connectivity index (χ2v) is 5.00. The number of amides is 1. The summed E-state index contributed by atoms with van der Waals surface area (Å²) < 4.78 is 0. The van der Waals surface area contributed by atoms with Gasteiger partial charge in [0.1, 0.15) is 0 Å². The van der Waals surface area contributed by atoms with E-state index in [0.717, 1.165) is 4.90 Å². The maximum absolute atomic E-state index is 11.9. The zero-order valence-electron chi connectivity index (χ0n) is 10.6. The monoisotopic (exact) mass is 267 g/mol. The fraction of sp³-hybridized carbons (Fsp3) is 0.385. The van der Waals surface area contributed by atoms with E-state index in [-0.39, 0.29) is 5.91 Å². The van der Waals surface area contributed by atoms with E-state index < -0.39 is 17.9 Å². The van der Waals surface area contributed by atoms with Gasteiger partial charge in [0.15, 0.2) is 0 Å². The number of hydrogen-bond acceptors (Lipinski definition) is 3. The Bertz CT molecular complexity index is 430. The first kappa shape index (κ1) is 14.6. The molecule has 0 aromatic heterocycles. The lowest BCUT2D eigenvalue weighted by molar-refractivity contribution is -0.141. The average Bonchev–Trinajstić information content (AvgIpc) is 2.37. The highest BCUT2D eigenvalue weighted by Gasteiger charge is 2.21. The molecule has 1 rings (SSSR count). The molecule has 98 valence electrons. The van der Waals surface area contributed by atoms with E-state index in [2.05, 4.69) is 5.32 Å².